The molecule has 0 unspecified atom stereocenters. The Balaban J connectivity index is 4.84. The molecule has 0 saturated carbocycles. The van der Waals surface area contributed by atoms with Crippen molar-refractivity contribution in [3.8, 4) is 0 Å². The molecule has 5 heteroatoms. The predicted octanol–water partition coefficient (Wildman–Crippen LogP) is 11.7. The van der Waals surface area contributed by atoms with Crippen LogP contribution in [0, 0.1) is 0 Å². The lowest BCUT2D eigenvalue weighted by molar-refractivity contribution is 0.482. The van der Waals surface area contributed by atoms with E-state index in [4.69, 9.17) is 0 Å². The normalized spacial score (nSPS) is 12.4. The van der Waals surface area contributed by atoms with Crippen LogP contribution in [-0.4, -0.2) is 43.4 Å². The van der Waals surface area contributed by atoms with E-state index in [9.17, 15) is 13.0 Å². The summed E-state index contributed by atoms with van der Waals surface area (Å²) in [5.74, 6) is -0.0406. The van der Waals surface area contributed by atoms with Gasteiger partial charge >= 0.3 is 0 Å². The number of hydrogen-bond acceptors (Lipinski definition) is 2. The first-order valence-electron chi connectivity index (χ1n) is 17.2. The molecule has 0 aliphatic carbocycles. The van der Waals surface area contributed by atoms with Crippen molar-refractivity contribution in [1.82, 2.24) is 0 Å². The van der Waals surface area contributed by atoms with Crippen LogP contribution < -0.4 is 0 Å². The van der Waals surface area contributed by atoms with E-state index in [-0.39, 0.29) is 5.75 Å². The van der Waals surface area contributed by atoms with Crippen LogP contribution in [0.25, 0.3) is 0 Å². The lowest BCUT2D eigenvalue weighted by atomic mass is 10.1. The Labute approximate surface area is 241 Å². The molecule has 3 nitrogen and oxygen atoms in total. The minimum Gasteiger partial charge on any atom is -0.286 e. The first kappa shape index (κ1) is 38.3. The van der Waals surface area contributed by atoms with Gasteiger partial charge < -0.3 is 0 Å². The highest BCUT2D eigenvalue weighted by Gasteiger charge is 2.35. The Morgan fingerprint density at radius 3 is 0.895 bits per heavy atom. The summed E-state index contributed by atoms with van der Waals surface area (Å²) in [4.78, 5) is 0. The molecule has 0 aromatic rings. The maximum atomic E-state index is 11.5. The summed E-state index contributed by atoms with van der Waals surface area (Å²) in [5, 5.41) is 0. The van der Waals surface area contributed by atoms with Crippen molar-refractivity contribution in [3.05, 3.63) is 0 Å². The summed E-state index contributed by atoms with van der Waals surface area (Å²) in [7, 11) is -5.01. The van der Waals surface area contributed by atoms with Crippen molar-refractivity contribution in [2.45, 2.75) is 181 Å². The summed E-state index contributed by atoms with van der Waals surface area (Å²) >= 11 is 0. The highest BCUT2D eigenvalue weighted by Crippen LogP contribution is 2.61. The van der Waals surface area contributed by atoms with Crippen LogP contribution in [0.2, 0.25) is 0 Å². The Hall–Kier alpha value is 0.340. The maximum Gasteiger partial charge on any atom is 0.264 e. The van der Waals surface area contributed by atoms with Gasteiger partial charge in [0.1, 0.15) is 0 Å². The molecule has 0 aromatic heterocycles. The Kier molecular flexibility index (Phi) is 27.8. The quantitative estimate of drug-likeness (QED) is 0.0506. The fraction of sp³-hybridized carbons (Fsp3) is 1.00. The van der Waals surface area contributed by atoms with Gasteiger partial charge in [0, 0.05) is 7.26 Å². The van der Waals surface area contributed by atoms with E-state index in [1.54, 1.807) is 0 Å². The van der Waals surface area contributed by atoms with E-state index >= 15 is 0 Å². The molecule has 0 atom stereocenters. The number of rotatable bonds is 31. The molecule has 0 aliphatic rings. The zero-order valence-corrected chi connectivity index (χ0v) is 28.0. The molecule has 0 aliphatic heterocycles. The van der Waals surface area contributed by atoms with Crippen molar-refractivity contribution in [3.63, 3.8) is 0 Å². The molecule has 0 rings (SSSR count). The van der Waals surface area contributed by atoms with Crippen molar-refractivity contribution in [2.24, 2.45) is 0 Å². The van der Waals surface area contributed by atoms with Gasteiger partial charge in [0.05, 0.1) is 30.4 Å². The summed E-state index contributed by atoms with van der Waals surface area (Å²) in [6.45, 7) is 6.85. The van der Waals surface area contributed by atoms with Crippen molar-refractivity contribution in [1.29, 1.82) is 0 Å². The van der Waals surface area contributed by atoms with Crippen LogP contribution in [0.5, 0.6) is 0 Å². The van der Waals surface area contributed by atoms with Crippen LogP contribution in [0.15, 0.2) is 0 Å². The summed E-state index contributed by atoms with van der Waals surface area (Å²) in [5.41, 5.74) is 0. The first-order valence-corrected chi connectivity index (χ1v) is 21.3. The lowest BCUT2D eigenvalue weighted by Gasteiger charge is -2.28. The molecular weight excluding hydrogens is 507 g/mol. The molecule has 0 radical (unpaired) electrons. The van der Waals surface area contributed by atoms with E-state index in [0.29, 0.717) is 6.42 Å². The number of unbranched alkanes of at least 4 members (excludes halogenated alkanes) is 21. The van der Waals surface area contributed by atoms with E-state index in [0.717, 1.165) is 6.16 Å². The Morgan fingerprint density at radius 2 is 0.632 bits per heavy atom. The molecule has 0 amide bonds. The summed E-state index contributed by atoms with van der Waals surface area (Å²) in [6.07, 6.45) is 38.5. The van der Waals surface area contributed by atoms with Gasteiger partial charge in [-0.2, -0.15) is 8.42 Å². The van der Waals surface area contributed by atoms with E-state index in [1.807, 2.05) is 0 Å². The molecule has 38 heavy (non-hydrogen) atoms. The molecule has 0 aromatic carbocycles. The zero-order valence-electron chi connectivity index (χ0n) is 26.3. The van der Waals surface area contributed by atoms with Gasteiger partial charge in [-0.15, -0.1) is 0 Å². The fourth-order valence-corrected chi connectivity index (χ4v) is 11.6. The number of hydrogen-bond donors (Lipinski definition) is 1. The molecule has 0 saturated heterocycles. The van der Waals surface area contributed by atoms with Gasteiger partial charge in [-0.1, -0.05) is 136 Å². The van der Waals surface area contributed by atoms with Gasteiger partial charge in [-0.05, 0) is 44.9 Å². The topological polar surface area (TPSA) is 54.4 Å². The molecule has 0 heterocycles. The lowest BCUT2D eigenvalue weighted by Crippen LogP contribution is -2.16. The van der Waals surface area contributed by atoms with Crippen LogP contribution >= 0.6 is 7.26 Å². The van der Waals surface area contributed by atoms with E-state index in [2.05, 4.69) is 20.8 Å². The predicted molar refractivity (Wildman–Crippen MR) is 175 cm³/mol. The second-order valence-electron chi connectivity index (χ2n) is 12.3. The van der Waals surface area contributed by atoms with Gasteiger partial charge in [-0.3, -0.25) is 4.55 Å². The third kappa shape index (κ3) is 26.6. The molecule has 0 spiro atoms. The minimum absolute atomic E-state index is 0.0406. The molecule has 1 N–H and O–H groups in total. The smallest absolute Gasteiger partial charge is 0.264 e. The van der Waals surface area contributed by atoms with Crippen molar-refractivity contribution < 1.29 is 13.0 Å². The fourth-order valence-electron chi connectivity index (χ4n) is 6.00. The molecular formula is C33H70O3PS+. The zero-order chi connectivity index (χ0) is 28.2. The van der Waals surface area contributed by atoms with Gasteiger partial charge in [0.2, 0.25) is 0 Å². The first-order chi connectivity index (χ1) is 18.4. The molecule has 230 valence electrons. The van der Waals surface area contributed by atoms with Gasteiger partial charge in [0.25, 0.3) is 10.1 Å². The average Bonchev–Trinajstić information content (AvgIpc) is 2.88. The van der Waals surface area contributed by atoms with E-state index in [1.165, 1.54) is 173 Å². The summed E-state index contributed by atoms with van der Waals surface area (Å²) in [6, 6.07) is 0. The third-order valence-corrected chi connectivity index (χ3v) is 14.4. The van der Waals surface area contributed by atoms with Crippen LogP contribution in [0.4, 0.5) is 0 Å². The van der Waals surface area contributed by atoms with Gasteiger partial charge in [-0.25, -0.2) is 0 Å². The van der Waals surface area contributed by atoms with E-state index < -0.39 is 17.4 Å². The second kappa shape index (κ2) is 27.5. The summed E-state index contributed by atoms with van der Waals surface area (Å²) < 4.78 is 32.4. The second-order valence-corrected chi connectivity index (χ2v) is 18.3. The standard InChI is InChI=1S/C33H69O3PS/c1-4-7-10-13-16-19-22-25-29-37(32-28-33-38(34,35)36,30-26-23-20-17-14-11-8-5-2)31-27-24-21-18-15-12-9-6-3/h4-33H2,1-3H3/p+1. The SMILES string of the molecule is CCCCCCCCCC[P+](CCCCCCCCCC)(CCCCCCCCCC)CCCS(=O)(=O)O. The highest BCUT2D eigenvalue weighted by molar-refractivity contribution is 7.85. The van der Waals surface area contributed by atoms with Crippen LogP contribution in [0.1, 0.15) is 181 Å². The maximum absolute atomic E-state index is 11.5. The van der Waals surface area contributed by atoms with Gasteiger partial charge in [0.15, 0.2) is 0 Å². The van der Waals surface area contributed by atoms with Crippen LogP contribution in [0.3, 0.4) is 0 Å². The Bertz CT molecular complexity index is 528. The van der Waals surface area contributed by atoms with Crippen molar-refractivity contribution in [2.75, 3.05) is 30.4 Å². The van der Waals surface area contributed by atoms with Crippen LogP contribution in [-0.2, 0) is 10.1 Å². The highest BCUT2D eigenvalue weighted by atomic mass is 32.2. The third-order valence-electron chi connectivity index (χ3n) is 8.49. The minimum atomic E-state index is -3.85. The largest absolute Gasteiger partial charge is 0.286 e. The molecule has 0 fully saturated rings. The van der Waals surface area contributed by atoms with Crippen molar-refractivity contribution >= 4 is 17.4 Å². The Morgan fingerprint density at radius 1 is 0.395 bits per heavy atom. The molecule has 0 bridgehead atoms. The average molecular weight is 578 g/mol. The monoisotopic (exact) mass is 577 g/mol.